The Morgan fingerprint density at radius 2 is 2.00 bits per heavy atom. The fourth-order valence-electron chi connectivity index (χ4n) is 2.37. The zero-order valence-electron chi connectivity index (χ0n) is 10.4. The third-order valence-electron chi connectivity index (χ3n) is 3.58. The summed E-state index contributed by atoms with van der Waals surface area (Å²) in [4.78, 5) is 13.9. The highest BCUT2D eigenvalue weighted by atomic mass is 35.5. The van der Waals surface area contributed by atoms with Crippen LogP contribution in [-0.2, 0) is 0 Å². The number of alkyl halides is 1. The molecule has 18 heavy (non-hydrogen) atoms. The number of nitrogens with zero attached hydrogens (tertiary/aromatic N) is 1. The summed E-state index contributed by atoms with van der Waals surface area (Å²) in [6.07, 6.45) is 1.79. The fourth-order valence-corrected chi connectivity index (χ4v) is 2.62. The summed E-state index contributed by atoms with van der Waals surface area (Å²) < 4.78 is 13.5. The van der Waals surface area contributed by atoms with Crippen LogP contribution >= 0.6 is 11.6 Å². The van der Waals surface area contributed by atoms with E-state index in [0.717, 1.165) is 12.8 Å². The maximum absolute atomic E-state index is 13.5. The molecule has 1 aliphatic heterocycles. The van der Waals surface area contributed by atoms with E-state index < -0.39 is 5.82 Å². The Labute approximate surface area is 112 Å². The van der Waals surface area contributed by atoms with Gasteiger partial charge in [-0.2, -0.15) is 0 Å². The molecular weight excluding hydrogens is 253 g/mol. The lowest BCUT2D eigenvalue weighted by molar-refractivity contribution is 0.0685. The first-order chi connectivity index (χ1) is 8.59. The Hall–Kier alpha value is -1.09. The number of amides is 1. The van der Waals surface area contributed by atoms with Crippen molar-refractivity contribution in [1.82, 2.24) is 4.90 Å². The predicted molar refractivity (Wildman–Crippen MR) is 70.3 cm³/mol. The molecule has 4 heteroatoms. The molecule has 0 bridgehead atoms. The number of carbonyl (C=O) groups is 1. The van der Waals surface area contributed by atoms with Crippen molar-refractivity contribution in [2.45, 2.75) is 25.1 Å². The van der Waals surface area contributed by atoms with Gasteiger partial charge in [-0.05, 0) is 37.8 Å². The molecule has 2 nitrogen and oxygen atoms in total. The zero-order valence-corrected chi connectivity index (χ0v) is 11.2. The van der Waals surface area contributed by atoms with Gasteiger partial charge in [0, 0.05) is 18.5 Å². The third kappa shape index (κ3) is 2.83. The number of likely N-dealkylation sites (tertiary alicyclic amines) is 1. The van der Waals surface area contributed by atoms with E-state index in [0.29, 0.717) is 19.0 Å². The average molecular weight is 270 g/mol. The zero-order chi connectivity index (χ0) is 13.1. The summed E-state index contributed by atoms with van der Waals surface area (Å²) in [6.45, 7) is 3.31. The molecule has 0 radical (unpaired) electrons. The molecule has 1 fully saturated rings. The summed E-state index contributed by atoms with van der Waals surface area (Å²) in [5, 5.41) is 0.135. The Morgan fingerprint density at radius 1 is 1.39 bits per heavy atom. The Kier molecular flexibility index (Phi) is 4.23. The smallest absolute Gasteiger partial charge is 0.256 e. The first kappa shape index (κ1) is 13.3. The summed E-state index contributed by atoms with van der Waals surface area (Å²) in [5.74, 6) is -0.208. The Balaban J connectivity index is 2.02. The number of halogens is 2. The minimum Gasteiger partial charge on any atom is -0.339 e. The maximum atomic E-state index is 13.5. The van der Waals surface area contributed by atoms with E-state index in [1.807, 2.05) is 6.92 Å². The van der Waals surface area contributed by atoms with Crippen LogP contribution < -0.4 is 0 Å². The largest absolute Gasteiger partial charge is 0.339 e. The number of rotatable bonds is 2. The number of carbonyl (C=O) groups excluding carboxylic acids is 1. The lowest BCUT2D eigenvalue weighted by atomic mass is 9.93. The van der Waals surface area contributed by atoms with Crippen molar-refractivity contribution in [2.24, 2.45) is 5.92 Å². The van der Waals surface area contributed by atoms with Gasteiger partial charge in [0.05, 0.1) is 5.56 Å². The standard InChI is InChI=1S/C14H17ClFNO/c1-10(15)11-6-8-17(9-7-11)14(18)12-4-2-3-5-13(12)16/h2-5,10-11H,6-9H2,1H3. The topological polar surface area (TPSA) is 20.3 Å². The molecule has 2 rings (SSSR count). The van der Waals surface area contributed by atoms with Crippen molar-refractivity contribution >= 4 is 17.5 Å². The van der Waals surface area contributed by atoms with E-state index in [9.17, 15) is 9.18 Å². The van der Waals surface area contributed by atoms with E-state index in [2.05, 4.69) is 0 Å². The molecule has 0 saturated carbocycles. The van der Waals surface area contributed by atoms with Crippen molar-refractivity contribution in [3.8, 4) is 0 Å². The molecule has 0 spiro atoms. The van der Waals surface area contributed by atoms with Crippen molar-refractivity contribution in [2.75, 3.05) is 13.1 Å². The molecule has 1 unspecified atom stereocenters. The molecule has 1 saturated heterocycles. The van der Waals surface area contributed by atoms with E-state index >= 15 is 0 Å². The lowest BCUT2D eigenvalue weighted by Crippen LogP contribution is -2.40. The van der Waals surface area contributed by atoms with Gasteiger partial charge in [0.1, 0.15) is 5.82 Å². The number of hydrogen-bond donors (Lipinski definition) is 0. The quantitative estimate of drug-likeness (QED) is 0.755. The van der Waals surface area contributed by atoms with Crippen LogP contribution in [0.2, 0.25) is 0 Å². The van der Waals surface area contributed by atoms with Gasteiger partial charge in [-0.15, -0.1) is 11.6 Å². The normalized spacial score (nSPS) is 18.7. The van der Waals surface area contributed by atoms with Gasteiger partial charge < -0.3 is 4.90 Å². The molecule has 1 aliphatic rings. The number of benzene rings is 1. The van der Waals surface area contributed by atoms with Crippen LogP contribution in [0.15, 0.2) is 24.3 Å². The molecule has 0 aliphatic carbocycles. The van der Waals surface area contributed by atoms with E-state index in [1.165, 1.54) is 12.1 Å². The van der Waals surface area contributed by atoms with Crippen LogP contribution in [-0.4, -0.2) is 29.3 Å². The molecular formula is C14H17ClFNO. The van der Waals surface area contributed by atoms with Crippen LogP contribution in [0.4, 0.5) is 4.39 Å². The van der Waals surface area contributed by atoms with Crippen molar-refractivity contribution < 1.29 is 9.18 Å². The molecule has 0 N–H and O–H groups in total. The van der Waals surface area contributed by atoms with Crippen LogP contribution in [0.3, 0.4) is 0 Å². The lowest BCUT2D eigenvalue weighted by Gasteiger charge is -2.33. The van der Waals surface area contributed by atoms with Crippen LogP contribution in [0.25, 0.3) is 0 Å². The summed E-state index contributed by atoms with van der Waals surface area (Å²) in [5.41, 5.74) is 0.162. The van der Waals surface area contributed by atoms with Crippen molar-refractivity contribution in [3.63, 3.8) is 0 Å². The molecule has 1 amide bonds. The van der Waals surface area contributed by atoms with Gasteiger partial charge in [0.15, 0.2) is 0 Å². The van der Waals surface area contributed by atoms with E-state index in [1.54, 1.807) is 17.0 Å². The SMILES string of the molecule is CC(Cl)C1CCN(C(=O)c2ccccc2F)CC1. The highest BCUT2D eigenvalue weighted by Gasteiger charge is 2.26. The van der Waals surface area contributed by atoms with Gasteiger partial charge in [-0.25, -0.2) is 4.39 Å². The first-order valence-electron chi connectivity index (χ1n) is 6.27. The van der Waals surface area contributed by atoms with Crippen LogP contribution in [0.5, 0.6) is 0 Å². The third-order valence-corrected chi connectivity index (χ3v) is 3.94. The van der Waals surface area contributed by atoms with Gasteiger partial charge in [0.25, 0.3) is 5.91 Å². The van der Waals surface area contributed by atoms with Gasteiger partial charge in [0.2, 0.25) is 0 Å². The van der Waals surface area contributed by atoms with Crippen LogP contribution in [0.1, 0.15) is 30.1 Å². The van der Waals surface area contributed by atoms with Crippen molar-refractivity contribution in [3.05, 3.63) is 35.6 Å². The predicted octanol–water partition coefficient (Wildman–Crippen LogP) is 3.31. The van der Waals surface area contributed by atoms with Gasteiger partial charge in [-0.3, -0.25) is 4.79 Å². The molecule has 1 aromatic rings. The summed E-state index contributed by atoms with van der Waals surface area (Å²) in [7, 11) is 0. The molecule has 1 aromatic carbocycles. The van der Waals surface area contributed by atoms with Crippen LogP contribution in [0, 0.1) is 11.7 Å². The second-order valence-corrected chi connectivity index (χ2v) is 5.48. The molecule has 98 valence electrons. The second kappa shape index (κ2) is 5.70. The average Bonchev–Trinajstić information content (AvgIpc) is 2.38. The summed E-state index contributed by atoms with van der Waals surface area (Å²) in [6, 6.07) is 6.13. The minimum absolute atomic E-state index is 0.135. The minimum atomic E-state index is -0.449. The molecule has 0 aromatic heterocycles. The first-order valence-corrected chi connectivity index (χ1v) is 6.71. The number of hydrogen-bond acceptors (Lipinski definition) is 1. The molecule has 1 heterocycles. The van der Waals surface area contributed by atoms with E-state index in [-0.39, 0.29) is 16.8 Å². The second-order valence-electron chi connectivity index (χ2n) is 4.79. The maximum Gasteiger partial charge on any atom is 0.256 e. The van der Waals surface area contributed by atoms with Gasteiger partial charge >= 0.3 is 0 Å². The van der Waals surface area contributed by atoms with E-state index in [4.69, 9.17) is 11.6 Å². The van der Waals surface area contributed by atoms with Gasteiger partial charge in [-0.1, -0.05) is 12.1 Å². The Morgan fingerprint density at radius 3 is 2.56 bits per heavy atom. The molecule has 1 atom stereocenters. The monoisotopic (exact) mass is 269 g/mol. The van der Waals surface area contributed by atoms with Crippen molar-refractivity contribution in [1.29, 1.82) is 0 Å². The summed E-state index contributed by atoms with van der Waals surface area (Å²) >= 11 is 6.06. The highest BCUT2D eigenvalue weighted by Crippen LogP contribution is 2.25. The number of piperidine rings is 1. The highest BCUT2D eigenvalue weighted by molar-refractivity contribution is 6.20. The fraction of sp³-hybridized carbons (Fsp3) is 0.500. The Bertz CT molecular complexity index is 428.